The third kappa shape index (κ3) is 4.61. The summed E-state index contributed by atoms with van der Waals surface area (Å²) in [6, 6.07) is 1.87. The van der Waals surface area contributed by atoms with Crippen molar-refractivity contribution in [3.8, 4) is 0 Å². The molecule has 6 unspecified atom stereocenters. The molecule has 1 aromatic carbocycles. The van der Waals surface area contributed by atoms with E-state index >= 15 is 0 Å². The maximum Gasteiger partial charge on any atom is 0.219 e. The van der Waals surface area contributed by atoms with Crippen LogP contribution in [0.15, 0.2) is 12.1 Å². The minimum atomic E-state index is -1.52. The van der Waals surface area contributed by atoms with Gasteiger partial charge in [0.15, 0.2) is 17.5 Å². The third-order valence-corrected chi connectivity index (χ3v) is 15.2. The van der Waals surface area contributed by atoms with Crippen molar-refractivity contribution in [1.29, 1.82) is 0 Å². The second-order valence-corrected chi connectivity index (χ2v) is 16.9. The molecule has 5 fully saturated rings. The second kappa shape index (κ2) is 10.9. The standard InChI is InChI=1S/C37H54F3NO4/c1-21(14-24(45-7)19-41(22(2)42)18-23-15-26(38)32(40)27(39)16-23)25-17-31(44)35(6)29-9-8-28-33(3,4)30(43)10-11-36(28)20-37(29,36)13-12-34(25,35)5/h15-16,21,24-25,28-31,43-44H,8-14,17-20H2,1-7H3/t21-,24?,25-,28+,29?,30?,31+,34?,35-,36?,37?/m1/s1. The van der Waals surface area contributed by atoms with Crippen LogP contribution in [0.5, 0.6) is 0 Å². The molecule has 8 heteroatoms. The largest absolute Gasteiger partial charge is 0.393 e. The minimum absolute atomic E-state index is 0.0379. The highest BCUT2D eigenvalue weighted by Gasteiger charge is 2.83. The zero-order valence-electron chi connectivity index (χ0n) is 28.3. The van der Waals surface area contributed by atoms with Gasteiger partial charge in [-0.15, -0.1) is 0 Å². The normalized spacial score (nSPS) is 42.5. The van der Waals surface area contributed by atoms with Crippen LogP contribution in [0.1, 0.15) is 105 Å². The minimum Gasteiger partial charge on any atom is -0.393 e. The first kappa shape index (κ1) is 33.3. The number of aliphatic hydroxyl groups is 2. The van der Waals surface area contributed by atoms with Gasteiger partial charge in [-0.05, 0) is 121 Å². The summed E-state index contributed by atoms with van der Waals surface area (Å²) in [5.41, 5.74) is 0.470. The highest BCUT2D eigenvalue weighted by molar-refractivity contribution is 5.73. The molecule has 45 heavy (non-hydrogen) atoms. The number of hydrogen-bond acceptors (Lipinski definition) is 4. The van der Waals surface area contributed by atoms with E-state index in [0.29, 0.717) is 23.7 Å². The van der Waals surface area contributed by atoms with E-state index in [-0.39, 0.29) is 76.4 Å². The quantitative estimate of drug-likeness (QED) is 0.296. The van der Waals surface area contributed by atoms with Crippen molar-refractivity contribution < 1.29 is 32.9 Å². The number of methoxy groups -OCH3 is 1. The monoisotopic (exact) mass is 633 g/mol. The first-order valence-corrected chi connectivity index (χ1v) is 17.3. The lowest BCUT2D eigenvalue weighted by Crippen LogP contribution is -2.59. The molecule has 252 valence electrons. The number of fused-ring (bicyclic) bond motifs is 2. The Morgan fingerprint density at radius 3 is 2.22 bits per heavy atom. The Labute approximate surface area is 267 Å². The fourth-order valence-corrected chi connectivity index (χ4v) is 12.6. The number of nitrogens with zero attached hydrogens (tertiary/aromatic N) is 1. The van der Waals surface area contributed by atoms with E-state index in [4.69, 9.17) is 4.74 Å². The summed E-state index contributed by atoms with van der Waals surface area (Å²) in [7, 11) is 1.63. The van der Waals surface area contributed by atoms with Crippen LogP contribution in [0.4, 0.5) is 13.2 Å². The molecule has 5 nitrogen and oxygen atoms in total. The zero-order valence-corrected chi connectivity index (χ0v) is 28.3. The van der Waals surface area contributed by atoms with E-state index in [2.05, 4.69) is 34.6 Å². The summed E-state index contributed by atoms with van der Waals surface area (Å²) in [5, 5.41) is 23.0. The van der Waals surface area contributed by atoms with Gasteiger partial charge >= 0.3 is 0 Å². The number of carbonyl (C=O) groups excluding carboxylic acids is 1. The number of amides is 1. The van der Waals surface area contributed by atoms with Gasteiger partial charge in [0.2, 0.25) is 5.91 Å². The van der Waals surface area contributed by atoms with E-state index in [1.165, 1.54) is 24.7 Å². The number of aliphatic hydroxyl groups excluding tert-OH is 2. The van der Waals surface area contributed by atoms with Gasteiger partial charge < -0.3 is 19.8 Å². The van der Waals surface area contributed by atoms with E-state index in [1.54, 1.807) is 7.11 Å². The van der Waals surface area contributed by atoms with E-state index in [0.717, 1.165) is 50.7 Å². The van der Waals surface area contributed by atoms with Crippen LogP contribution in [-0.2, 0) is 16.1 Å². The Morgan fingerprint density at radius 1 is 0.978 bits per heavy atom. The van der Waals surface area contributed by atoms with Crippen LogP contribution >= 0.6 is 0 Å². The lowest BCUT2D eigenvalue weighted by atomic mass is 9.41. The van der Waals surface area contributed by atoms with Crippen molar-refractivity contribution in [2.24, 2.45) is 50.7 Å². The molecule has 1 aromatic rings. The van der Waals surface area contributed by atoms with Crippen LogP contribution in [0.25, 0.3) is 0 Å². The lowest BCUT2D eigenvalue weighted by molar-refractivity contribution is -0.182. The van der Waals surface area contributed by atoms with Crippen LogP contribution < -0.4 is 0 Å². The van der Waals surface area contributed by atoms with Crippen molar-refractivity contribution in [2.75, 3.05) is 13.7 Å². The summed E-state index contributed by atoms with van der Waals surface area (Å²) in [5.74, 6) is -2.80. The number of benzene rings is 1. The summed E-state index contributed by atoms with van der Waals surface area (Å²) in [6.07, 6.45) is 8.28. The molecule has 0 bridgehead atoms. The van der Waals surface area contributed by atoms with Gasteiger partial charge in [0.25, 0.3) is 0 Å². The lowest BCUT2D eigenvalue weighted by Gasteiger charge is -2.63. The van der Waals surface area contributed by atoms with Crippen molar-refractivity contribution >= 4 is 5.91 Å². The fraction of sp³-hybridized carbons (Fsp3) is 0.811. The van der Waals surface area contributed by atoms with Crippen LogP contribution in [0.3, 0.4) is 0 Å². The predicted octanol–water partition coefficient (Wildman–Crippen LogP) is 7.26. The molecule has 0 radical (unpaired) electrons. The molecule has 2 N–H and O–H groups in total. The molecule has 0 aromatic heterocycles. The molecular formula is C37H54F3NO4. The van der Waals surface area contributed by atoms with Gasteiger partial charge in [-0.1, -0.05) is 34.6 Å². The summed E-state index contributed by atoms with van der Waals surface area (Å²) in [4.78, 5) is 14.1. The Balaban J connectivity index is 1.19. The third-order valence-electron chi connectivity index (χ3n) is 15.2. The predicted molar refractivity (Wildman–Crippen MR) is 166 cm³/mol. The first-order chi connectivity index (χ1) is 21.0. The summed E-state index contributed by atoms with van der Waals surface area (Å²) >= 11 is 0. The van der Waals surface area contributed by atoms with Crippen LogP contribution in [-0.4, -0.2) is 53.0 Å². The van der Waals surface area contributed by atoms with Crippen LogP contribution in [0.2, 0.25) is 0 Å². The molecule has 5 aliphatic carbocycles. The Bertz CT molecular complexity index is 1320. The van der Waals surface area contributed by atoms with Crippen molar-refractivity contribution in [1.82, 2.24) is 4.90 Å². The van der Waals surface area contributed by atoms with Gasteiger partial charge in [-0.2, -0.15) is 0 Å². The number of rotatable bonds is 8. The van der Waals surface area contributed by atoms with E-state index in [9.17, 15) is 28.2 Å². The van der Waals surface area contributed by atoms with Crippen molar-refractivity contribution in [3.63, 3.8) is 0 Å². The maximum absolute atomic E-state index is 13.9. The fourth-order valence-electron chi connectivity index (χ4n) is 12.6. The van der Waals surface area contributed by atoms with Gasteiger partial charge in [-0.3, -0.25) is 4.79 Å². The molecule has 0 aliphatic heterocycles. The van der Waals surface area contributed by atoms with E-state index in [1.807, 2.05) is 0 Å². The van der Waals surface area contributed by atoms with Crippen molar-refractivity contribution in [2.45, 2.75) is 124 Å². The Morgan fingerprint density at radius 2 is 1.60 bits per heavy atom. The highest BCUT2D eigenvalue weighted by atomic mass is 19.2. The molecule has 5 saturated carbocycles. The average molecular weight is 634 g/mol. The molecule has 0 saturated heterocycles. The average Bonchev–Trinajstić information content (AvgIpc) is 3.60. The van der Waals surface area contributed by atoms with Gasteiger partial charge in [0.1, 0.15) is 0 Å². The SMILES string of the molecule is COC(C[C@@H](C)[C@H]1C[C@H](O)[C@@]2(C)C3CC[C@H]4C(C)(C)C(O)CCC45CC35CCC12C)CN(Cc1cc(F)c(F)c(F)c1)C(C)=O. The molecule has 6 rings (SSSR count). The molecule has 5 aliphatic rings. The number of ether oxygens (including phenoxy) is 1. The Kier molecular flexibility index (Phi) is 8.09. The summed E-state index contributed by atoms with van der Waals surface area (Å²) < 4.78 is 47.2. The highest BCUT2D eigenvalue weighted by Crippen LogP contribution is 2.89. The number of hydrogen-bond donors (Lipinski definition) is 2. The topological polar surface area (TPSA) is 70.0 Å². The van der Waals surface area contributed by atoms with Gasteiger partial charge in [0, 0.05) is 32.5 Å². The first-order valence-electron chi connectivity index (χ1n) is 17.3. The van der Waals surface area contributed by atoms with Gasteiger partial charge in [-0.25, -0.2) is 13.2 Å². The molecule has 0 heterocycles. The Hall–Kier alpha value is -1.64. The molecule has 11 atom stereocenters. The molecule has 1 amide bonds. The maximum atomic E-state index is 13.9. The van der Waals surface area contributed by atoms with E-state index < -0.39 is 17.5 Å². The second-order valence-electron chi connectivity index (χ2n) is 16.9. The molecule has 2 spiro atoms. The van der Waals surface area contributed by atoms with Crippen molar-refractivity contribution in [3.05, 3.63) is 35.1 Å². The molecular weight excluding hydrogens is 579 g/mol. The zero-order chi connectivity index (χ0) is 32.9. The summed E-state index contributed by atoms with van der Waals surface area (Å²) in [6.45, 7) is 13.2. The smallest absolute Gasteiger partial charge is 0.219 e. The van der Waals surface area contributed by atoms with Gasteiger partial charge in [0.05, 0.1) is 18.3 Å². The van der Waals surface area contributed by atoms with Crippen LogP contribution in [0, 0.1) is 68.2 Å². The number of carbonyl (C=O) groups is 1. The number of halogens is 3.